The summed E-state index contributed by atoms with van der Waals surface area (Å²) in [5.74, 6) is 1.36. The van der Waals surface area contributed by atoms with Crippen molar-refractivity contribution in [1.82, 2.24) is 5.32 Å². The Balaban J connectivity index is 1.61. The number of halogens is 2. The van der Waals surface area contributed by atoms with Crippen molar-refractivity contribution in [3.63, 3.8) is 0 Å². The van der Waals surface area contributed by atoms with Crippen LogP contribution >= 0.6 is 23.4 Å². The van der Waals surface area contributed by atoms with Gasteiger partial charge in [-0.15, -0.1) is 0 Å². The number of amides is 1. The smallest absolute Gasteiger partial charge is 0.221 e. The van der Waals surface area contributed by atoms with Crippen LogP contribution in [0.5, 0.6) is 0 Å². The van der Waals surface area contributed by atoms with E-state index in [1.807, 2.05) is 24.3 Å². The Bertz CT molecular complexity index is 601. The molecule has 0 atom stereocenters. The molecular weight excluding hydrogens is 321 g/mol. The normalized spacial score (nSPS) is 10.5. The van der Waals surface area contributed by atoms with E-state index in [4.69, 9.17) is 11.6 Å². The summed E-state index contributed by atoms with van der Waals surface area (Å²) in [6, 6.07) is 13.8. The van der Waals surface area contributed by atoms with Gasteiger partial charge >= 0.3 is 0 Å². The maximum atomic E-state index is 12.8. The molecule has 116 valence electrons. The molecule has 0 heterocycles. The number of rotatable bonds is 7. The van der Waals surface area contributed by atoms with Gasteiger partial charge < -0.3 is 5.32 Å². The highest BCUT2D eigenvalue weighted by Crippen LogP contribution is 2.16. The molecule has 0 fully saturated rings. The molecule has 0 radical (unpaired) electrons. The Kier molecular flexibility index (Phi) is 6.74. The molecule has 0 aliphatic carbocycles. The molecule has 0 aromatic heterocycles. The number of hydrogen-bond acceptors (Lipinski definition) is 2. The van der Waals surface area contributed by atoms with E-state index in [0.29, 0.717) is 13.0 Å². The average Bonchev–Trinajstić information content (AvgIpc) is 2.53. The topological polar surface area (TPSA) is 29.1 Å². The van der Waals surface area contributed by atoms with Crippen LogP contribution in [0.2, 0.25) is 5.02 Å². The van der Waals surface area contributed by atoms with E-state index in [-0.39, 0.29) is 11.7 Å². The third-order valence-corrected chi connectivity index (χ3v) is 4.34. The van der Waals surface area contributed by atoms with Crippen molar-refractivity contribution < 1.29 is 9.18 Å². The Morgan fingerprint density at radius 1 is 1.05 bits per heavy atom. The summed E-state index contributed by atoms with van der Waals surface area (Å²) < 4.78 is 12.8. The zero-order chi connectivity index (χ0) is 15.8. The Hall–Kier alpha value is -1.52. The van der Waals surface area contributed by atoms with Gasteiger partial charge in [-0.05, 0) is 35.4 Å². The minimum absolute atomic E-state index is 0.00734. The predicted octanol–water partition coefficient (Wildman–Crippen LogP) is 4.42. The van der Waals surface area contributed by atoms with Crippen LogP contribution in [-0.2, 0) is 17.1 Å². The summed E-state index contributed by atoms with van der Waals surface area (Å²) in [6.07, 6.45) is 0.472. The lowest BCUT2D eigenvalue weighted by Gasteiger charge is -2.06. The predicted molar refractivity (Wildman–Crippen MR) is 90.5 cm³/mol. The van der Waals surface area contributed by atoms with Crippen molar-refractivity contribution in [1.29, 1.82) is 0 Å². The molecule has 5 heteroatoms. The summed E-state index contributed by atoms with van der Waals surface area (Å²) in [7, 11) is 0. The van der Waals surface area contributed by atoms with Gasteiger partial charge in [0.1, 0.15) is 5.82 Å². The molecular formula is C17H17ClFNOS. The first-order valence-electron chi connectivity index (χ1n) is 6.97. The third kappa shape index (κ3) is 6.08. The second kappa shape index (κ2) is 8.81. The minimum Gasteiger partial charge on any atom is -0.352 e. The molecule has 0 saturated heterocycles. The molecule has 1 N–H and O–H groups in total. The highest BCUT2D eigenvalue weighted by Gasteiger charge is 2.02. The summed E-state index contributed by atoms with van der Waals surface area (Å²) in [5.41, 5.74) is 2.09. The van der Waals surface area contributed by atoms with Crippen molar-refractivity contribution in [2.75, 3.05) is 5.75 Å². The molecule has 22 heavy (non-hydrogen) atoms. The van der Waals surface area contributed by atoms with Gasteiger partial charge in [0.15, 0.2) is 0 Å². The Labute approximate surface area is 139 Å². The molecule has 0 aliphatic rings. The van der Waals surface area contributed by atoms with Crippen molar-refractivity contribution in [3.8, 4) is 0 Å². The summed E-state index contributed by atoms with van der Waals surface area (Å²) in [5, 5.41) is 3.56. The Morgan fingerprint density at radius 2 is 1.68 bits per heavy atom. The van der Waals surface area contributed by atoms with Crippen LogP contribution in [0.1, 0.15) is 17.5 Å². The fraction of sp³-hybridized carbons (Fsp3) is 0.235. The molecule has 0 bridgehead atoms. The van der Waals surface area contributed by atoms with Crippen molar-refractivity contribution >= 4 is 29.3 Å². The van der Waals surface area contributed by atoms with Gasteiger partial charge in [0.2, 0.25) is 5.91 Å². The van der Waals surface area contributed by atoms with E-state index in [1.54, 1.807) is 23.9 Å². The van der Waals surface area contributed by atoms with Crippen LogP contribution in [0, 0.1) is 5.82 Å². The fourth-order valence-corrected chi connectivity index (χ4v) is 2.86. The number of nitrogens with one attached hydrogen (secondary N) is 1. The second-order valence-corrected chi connectivity index (χ2v) is 6.37. The summed E-state index contributed by atoms with van der Waals surface area (Å²) in [6.45, 7) is 0.432. The first-order chi connectivity index (χ1) is 10.6. The minimum atomic E-state index is -0.270. The molecule has 0 saturated carbocycles. The average molecular weight is 338 g/mol. The van der Waals surface area contributed by atoms with Gasteiger partial charge in [0.05, 0.1) is 0 Å². The number of thioether (sulfide) groups is 1. The summed E-state index contributed by atoms with van der Waals surface area (Å²) in [4.78, 5) is 11.7. The number of benzene rings is 2. The first-order valence-corrected chi connectivity index (χ1v) is 8.50. The standard InChI is InChI=1S/C17H17ClFNOS/c18-15-5-1-14(2-6-15)12-22-10-9-17(21)20-11-13-3-7-16(19)8-4-13/h1-8H,9-12H2,(H,20,21). The van der Waals surface area contributed by atoms with Crippen LogP contribution in [0.25, 0.3) is 0 Å². The zero-order valence-electron chi connectivity index (χ0n) is 12.0. The maximum absolute atomic E-state index is 12.8. The van der Waals surface area contributed by atoms with Crippen LogP contribution in [-0.4, -0.2) is 11.7 Å². The third-order valence-electron chi connectivity index (χ3n) is 3.06. The lowest BCUT2D eigenvalue weighted by Crippen LogP contribution is -2.23. The lowest BCUT2D eigenvalue weighted by atomic mass is 10.2. The van der Waals surface area contributed by atoms with Gasteiger partial charge in [-0.25, -0.2) is 4.39 Å². The quantitative estimate of drug-likeness (QED) is 0.758. The second-order valence-electron chi connectivity index (χ2n) is 4.83. The Morgan fingerprint density at radius 3 is 2.36 bits per heavy atom. The number of carbonyl (C=O) groups excluding carboxylic acids is 1. The molecule has 2 aromatic carbocycles. The van der Waals surface area contributed by atoms with Gasteiger partial charge in [-0.2, -0.15) is 11.8 Å². The molecule has 0 aliphatic heterocycles. The van der Waals surface area contributed by atoms with E-state index in [0.717, 1.165) is 22.1 Å². The van der Waals surface area contributed by atoms with Gasteiger partial charge in [-0.3, -0.25) is 4.79 Å². The van der Waals surface area contributed by atoms with E-state index < -0.39 is 0 Å². The number of carbonyl (C=O) groups is 1. The van der Waals surface area contributed by atoms with E-state index in [1.165, 1.54) is 17.7 Å². The fourth-order valence-electron chi connectivity index (χ4n) is 1.83. The monoisotopic (exact) mass is 337 g/mol. The molecule has 2 nitrogen and oxygen atoms in total. The van der Waals surface area contributed by atoms with Crippen LogP contribution in [0.3, 0.4) is 0 Å². The van der Waals surface area contributed by atoms with Crippen LogP contribution < -0.4 is 5.32 Å². The van der Waals surface area contributed by atoms with Crippen LogP contribution in [0.4, 0.5) is 4.39 Å². The summed E-state index contributed by atoms with van der Waals surface area (Å²) >= 11 is 7.54. The van der Waals surface area contributed by atoms with E-state index >= 15 is 0 Å². The molecule has 2 rings (SSSR count). The van der Waals surface area contributed by atoms with E-state index in [9.17, 15) is 9.18 Å². The van der Waals surface area contributed by atoms with Gasteiger partial charge in [0, 0.05) is 29.5 Å². The van der Waals surface area contributed by atoms with Crippen molar-refractivity contribution in [3.05, 3.63) is 70.5 Å². The van der Waals surface area contributed by atoms with E-state index in [2.05, 4.69) is 5.32 Å². The maximum Gasteiger partial charge on any atom is 0.221 e. The largest absolute Gasteiger partial charge is 0.352 e. The highest BCUT2D eigenvalue weighted by molar-refractivity contribution is 7.98. The zero-order valence-corrected chi connectivity index (χ0v) is 13.6. The van der Waals surface area contributed by atoms with Crippen molar-refractivity contribution in [2.45, 2.75) is 18.7 Å². The SMILES string of the molecule is O=C(CCSCc1ccc(Cl)cc1)NCc1ccc(F)cc1. The number of hydrogen-bond donors (Lipinski definition) is 1. The molecule has 0 unspecified atom stereocenters. The van der Waals surface area contributed by atoms with Crippen LogP contribution in [0.15, 0.2) is 48.5 Å². The molecule has 1 amide bonds. The lowest BCUT2D eigenvalue weighted by molar-refractivity contribution is -0.120. The first kappa shape index (κ1) is 16.8. The highest BCUT2D eigenvalue weighted by atomic mass is 35.5. The molecule has 0 spiro atoms. The van der Waals surface area contributed by atoms with Gasteiger partial charge in [-0.1, -0.05) is 35.9 Å². The molecule has 2 aromatic rings. The van der Waals surface area contributed by atoms with Crippen molar-refractivity contribution in [2.24, 2.45) is 0 Å². The van der Waals surface area contributed by atoms with Gasteiger partial charge in [0.25, 0.3) is 0 Å².